The molecular formula is C12H21NO5S2. The molecule has 116 valence electrons. The van der Waals surface area contributed by atoms with Crippen molar-refractivity contribution in [1.29, 1.82) is 0 Å². The van der Waals surface area contributed by atoms with Crippen molar-refractivity contribution in [3.05, 3.63) is 0 Å². The monoisotopic (exact) mass is 323 g/mol. The first-order chi connectivity index (χ1) is 9.10. The minimum Gasteiger partial charge on any atom is -0.480 e. The maximum Gasteiger partial charge on any atom is 0.329 e. The van der Waals surface area contributed by atoms with Crippen LogP contribution in [0.5, 0.6) is 0 Å². The maximum atomic E-state index is 12.1. The highest BCUT2D eigenvalue weighted by Crippen LogP contribution is 2.25. The number of carboxylic acid groups (broad SMARTS) is 1. The summed E-state index contributed by atoms with van der Waals surface area (Å²) in [5, 5.41) is 9.10. The molecule has 1 rings (SSSR count). The van der Waals surface area contributed by atoms with Gasteiger partial charge in [0, 0.05) is 11.8 Å². The summed E-state index contributed by atoms with van der Waals surface area (Å²) in [7, 11) is -2.95. The summed E-state index contributed by atoms with van der Waals surface area (Å²) < 4.78 is 22.7. The third-order valence-electron chi connectivity index (χ3n) is 3.45. The molecule has 1 atom stereocenters. The number of aliphatic carboxylic acids is 1. The van der Waals surface area contributed by atoms with Gasteiger partial charge in [0.15, 0.2) is 9.84 Å². The number of hydrogen-bond donors (Lipinski definition) is 1. The molecule has 0 aromatic carbocycles. The number of carboxylic acids is 1. The zero-order valence-corrected chi connectivity index (χ0v) is 13.6. The lowest BCUT2D eigenvalue weighted by Gasteiger charge is -2.34. The number of likely N-dealkylation sites (N-methyl/N-ethyl adjacent to an activating group) is 1. The van der Waals surface area contributed by atoms with Gasteiger partial charge in [-0.2, -0.15) is 0 Å². The first-order valence-electron chi connectivity index (χ1n) is 6.46. The maximum absolute atomic E-state index is 12.1. The summed E-state index contributed by atoms with van der Waals surface area (Å²) in [6, 6.07) is 0. The molecule has 1 unspecified atom stereocenters. The Labute approximate surface area is 123 Å². The van der Waals surface area contributed by atoms with E-state index in [1.807, 2.05) is 0 Å². The van der Waals surface area contributed by atoms with Gasteiger partial charge < -0.3 is 10.0 Å². The van der Waals surface area contributed by atoms with Crippen LogP contribution in [0.15, 0.2) is 0 Å². The fourth-order valence-electron chi connectivity index (χ4n) is 2.16. The second-order valence-electron chi connectivity index (χ2n) is 5.34. The van der Waals surface area contributed by atoms with Crippen LogP contribution in [-0.4, -0.2) is 64.9 Å². The molecule has 1 fully saturated rings. The van der Waals surface area contributed by atoms with E-state index in [9.17, 15) is 18.0 Å². The quantitative estimate of drug-likeness (QED) is 0.770. The van der Waals surface area contributed by atoms with Gasteiger partial charge in [-0.05, 0) is 27.2 Å². The number of carbonyl (C=O) groups excluding carboxylic acids is 1. The Morgan fingerprint density at radius 3 is 2.40 bits per heavy atom. The van der Waals surface area contributed by atoms with E-state index in [0.29, 0.717) is 13.0 Å². The molecular weight excluding hydrogens is 302 g/mol. The molecule has 6 nitrogen and oxygen atoms in total. The van der Waals surface area contributed by atoms with Gasteiger partial charge in [-0.15, -0.1) is 11.8 Å². The van der Waals surface area contributed by atoms with Gasteiger partial charge in [0.05, 0.1) is 17.3 Å². The molecule has 8 heteroatoms. The Hall–Kier alpha value is -0.760. The summed E-state index contributed by atoms with van der Waals surface area (Å²) in [5.74, 6) is -0.920. The van der Waals surface area contributed by atoms with Gasteiger partial charge in [-0.3, -0.25) is 4.79 Å². The number of sulfone groups is 1. The minimum atomic E-state index is -2.95. The highest BCUT2D eigenvalue weighted by molar-refractivity contribution is 8.02. The molecule has 0 saturated carbocycles. The molecule has 1 amide bonds. The van der Waals surface area contributed by atoms with E-state index in [-0.39, 0.29) is 28.4 Å². The molecule has 0 aliphatic carbocycles. The number of rotatable bonds is 6. The van der Waals surface area contributed by atoms with Crippen LogP contribution in [0.25, 0.3) is 0 Å². The Kier molecular flexibility index (Phi) is 5.48. The summed E-state index contributed by atoms with van der Waals surface area (Å²) in [6.07, 6.45) is 0.564. The number of carbonyl (C=O) groups is 2. The predicted molar refractivity (Wildman–Crippen MR) is 78.6 cm³/mol. The van der Waals surface area contributed by atoms with Crippen LogP contribution in [0.4, 0.5) is 0 Å². The highest BCUT2D eigenvalue weighted by atomic mass is 32.2. The van der Waals surface area contributed by atoms with E-state index in [2.05, 4.69) is 0 Å². The highest BCUT2D eigenvalue weighted by Gasteiger charge is 2.37. The molecule has 1 heterocycles. The third-order valence-corrected chi connectivity index (χ3v) is 6.71. The van der Waals surface area contributed by atoms with E-state index in [4.69, 9.17) is 5.11 Å². The van der Waals surface area contributed by atoms with E-state index in [0.717, 1.165) is 0 Å². The Morgan fingerprint density at radius 2 is 2.00 bits per heavy atom. The summed E-state index contributed by atoms with van der Waals surface area (Å²) in [4.78, 5) is 24.6. The van der Waals surface area contributed by atoms with Crippen molar-refractivity contribution in [2.75, 3.05) is 23.8 Å². The first kappa shape index (κ1) is 17.3. The third kappa shape index (κ3) is 4.12. The van der Waals surface area contributed by atoms with Crippen LogP contribution in [-0.2, 0) is 19.4 Å². The number of hydrogen-bond acceptors (Lipinski definition) is 5. The summed E-state index contributed by atoms with van der Waals surface area (Å²) >= 11 is 1.30. The van der Waals surface area contributed by atoms with Gasteiger partial charge in [0.2, 0.25) is 5.91 Å². The van der Waals surface area contributed by atoms with Crippen LogP contribution in [0.1, 0.15) is 27.2 Å². The molecule has 20 heavy (non-hydrogen) atoms. The standard InChI is InChI=1S/C12H21NO5S2/c1-4-13(12(2,3)11(15)16)10(14)7-19-9-5-6-20(17,18)8-9/h9H,4-8H2,1-3H3,(H,15,16). The lowest BCUT2D eigenvalue weighted by molar-refractivity contribution is -0.155. The lowest BCUT2D eigenvalue weighted by Crippen LogP contribution is -2.53. The van der Waals surface area contributed by atoms with E-state index >= 15 is 0 Å². The molecule has 1 N–H and O–H groups in total. The molecule has 0 spiro atoms. The Bertz CT molecular complexity index is 486. The van der Waals surface area contributed by atoms with Crippen LogP contribution in [0, 0.1) is 0 Å². The molecule has 0 aromatic rings. The van der Waals surface area contributed by atoms with Gasteiger partial charge in [0.25, 0.3) is 0 Å². The second-order valence-corrected chi connectivity index (χ2v) is 8.86. The first-order valence-corrected chi connectivity index (χ1v) is 9.33. The number of nitrogens with zero attached hydrogens (tertiary/aromatic N) is 1. The topological polar surface area (TPSA) is 91.8 Å². The van der Waals surface area contributed by atoms with Crippen LogP contribution in [0.3, 0.4) is 0 Å². The molecule has 1 aliphatic rings. The average molecular weight is 323 g/mol. The fraction of sp³-hybridized carbons (Fsp3) is 0.833. The van der Waals surface area contributed by atoms with E-state index in [1.54, 1.807) is 6.92 Å². The summed E-state index contributed by atoms with van der Waals surface area (Å²) in [5.41, 5.74) is -1.26. The van der Waals surface area contributed by atoms with Crippen molar-refractivity contribution in [3.63, 3.8) is 0 Å². The average Bonchev–Trinajstić information content (AvgIpc) is 2.66. The van der Waals surface area contributed by atoms with Crippen molar-refractivity contribution in [2.24, 2.45) is 0 Å². The number of amides is 1. The smallest absolute Gasteiger partial charge is 0.329 e. The van der Waals surface area contributed by atoms with Crippen molar-refractivity contribution in [3.8, 4) is 0 Å². The van der Waals surface area contributed by atoms with Crippen molar-refractivity contribution in [2.45, 2.75) is 38.0 Å². The fourth-order valence-corrected chi connectivity index (χ4v) is 5.68. The lowest BCUT2D eigenvalue weighted by atomic mass is 10.0. The van der Waals surface area contributed by atoms with Gasteiger partial charge in [-0.1, -0.05) is 0 Å². The van der Waals surface area contributed by atoms with Crippen molar-refractivity contribution >= 4 is 33.5 Å². The van der Waals surface area contributed by atoms with Crippen molar-refractivity contribution < 1.29 is 23.1 Å². The van der Waals surface area contributed by atoms with Crippen molar-refractivity contribution in [1.82, 2.24) is 4.90 Å². The van der Waals surface area contributed by atoms with E-state index < -0.39 is 21.3 Å². The zero-order chi connectivity index (χ0) is 15.6. The van der Waals surface area contributed by atoms with Crippen LogP contribution >= 0.6 is 11.8 Å². The molecule has 1 saturated heterocycles. The second kappa shape index (κ2) is 6.34. The Morgan fingerprint density at radius 1 is 1.40 bits per heavy atom. The largest absolute Gasteiger partial charge is 0.480 e. The molecule has 1 aliphatic heterocycles. The van der Waals surface area contributed by atoms with E-state index in [1.165, 1.54) is 30.5 Å². The normalized spacial score (nSPS) is 21.6. The predicted octanol–water partition coefficient (Wildman–Crippen LogP) is 0.618. The molecule has 0 radical (unpaired) electrons. The Balaban J connectivity index is 2.59. The SMILES string of the molecule is CCN(C(=O)CSC1CCS(=O)(=O)C1)C(C)(C)C(=O)O. The molecule has 0 aromatic heterocycles. The van der Waals surface area contributed by atoms with Gasteiger partial charge >= 0.3 is 5.97 Å². The number of thioether (sulfide) groups is 1. The van der Waals surface area contributed by atoms with Crippen LogP contribution in [0.2, 0.25) is 0 Å². The summed E-state index contributed by atoms with van der Waals surface area (Å²) in [6.45, 7) is 5.01. The zero-order valence-electron chi connectivity index (χ0n) is 12.0. The minimum absolute atomic E-state index is 0.0596. The van der Waals surface area contributed by atoms with Gasteiger partial charge in [-0.25, -0.2) is 13.2 Å². The van der Waals surface area contributed by atoms with Gasteiger partial charge in [0.1, 0.15) is 5.54 Å². The molecule has 0 bridgehead atoms. The van der Waals surface area contributed by atoms with Crippen LogP contribution < -0.4 is 0 Å².